The van der Waals surface area contributed by atoms with Crippen LogP contribution in [0.4, 0.5) is 4.79 Å². The van der Waals surface area contributed by atoms with Gasteiger partial charge in [-0.05, 0) is 24.3 Å². The first-order chi connectivity index (χ1) is 8.11. The SMILES string of the molecule is COC(=O)n1ccc2cc(OC(C)=O)ccc21. The Kier molecular flexibility index (Phi) is 2.82. The van der Waals surface area contributed by atoms with E-state index in [2.05, 4.69) is 4.74 Å². The lowest BCUT2D eigenvalue weighted by Gasteiger charge is -2.03. The first-order valence-electron chi connectivity index (χ1n) is 4.99. The molecule has 0 aliphatic heterocycles. The van der Waals surface area contributed by atoms with Crippen LogP contribution in [-0.2, 0) is 9.53 Å². The van der Waals surface area contributed by atoms with E-state index in [-0.39, 0.29) is 5.97 Å². The lowest BCUT2D eigenvalue weighted by atomic mass is 10.2. The van der Waals surface area contributed by atoms with E-state index in [4.69, 9.17) is 4.74 Å². The molecule has 0 fully saturated rings. The van der Waals surface area contributed by atoms with E-state index in [1.165, 1.54) is 18.6 Å². The van der Waals surface area contributed by atoms with Gasteiger partial charge in [-0.15, -0.1) is 0 Å². The van der Waals surface area contributed by atoms with Gasteiger partial charge >= 0.3 is 12.1 Å². The lowest BCUT2D eigenvalue weighted by molar-refractivity contribution is -0.131. The molecular formula is C12H11NO4. The second-order valence-electron chi connectivity index (χ2n) is 3.47. The average Bonchev–Trinajstić information content (AvgIpc) is 2.70. The minimum Gasteiger partial charge on any atom is -0.452 e. The summed E-state index contributed by atoms with van der Waals surface area (Å²) in [6.07, 6.45) is 1.15. The highest BCUT2D eigenvalue weighted by atomic mass is 16.5. The van der Waals surface area contributed by atoms with Crippen molar-refractivity contribution in [1.82, 2.24) is 4.57 Å². The first-order valence-corrected chi connectivity index (χ1v) is 4.99. The highest BCUT2D eigenvalue weighted by molar-refractivity contribution is 5.90. The Morgan fingerprint density at radius 2 is 2.00 bits per heavy atom. The zero-order valence-electron chi connectivity index (χ0n) is 9.47. The Labute approximate surface area is 97.5 Å². The number of aromatic nitrogens is 1. The number of benzene rings is 1. The number of rotatable bonds is 1. The average molecular weight is 233 g/mol. The fourth-order valence-electron chi connectivity index (χ4n) is 1.61. The van der Waals surface area contributed by atoms with Crippen LogP contribution < -0.4 is 4.74 Å². The lowest BCUT2D eigenvalue weighted by Crippen LogP contribution is -2.09. The van der Waals surface area contributed by atoms with Gasteiger partial charge in [0.1, 0.15) is 5.75 Å². The minimum atomic E-state index is -0.458. The largest absolute Gasteiger partial charge is 0.452 e. The molecule has 2 aromatic rings. The van der Waals surface area contributed by atoms with Crippen molar-refractivity contribution < 1.29 is 19.1 Å². The molecule has 88 valence electrons. The molecule has 0 aliphatic carbocycles. The first kappa shape index (κ1) is 11.2. The number of methoxy groups -OCH3 is 1. The standard InChI is InChI=1S/C12H11NO4/c1-8(14)17-10-3-4-11-9(7-10)5-6-13(11)12(15)16-2/h3-7H,1-2H3. The van der Waals surface area contributed by atoms with Crippen LogP contribution >= 0.6 is 0 Å². The zero-order valence-corrected chi connectivity index (χ0v) is 9.47. The highest BCUT2D eigenvalue weighted by Gasteiger charge is 2.09. The van der Waals surface area contributed by atoms with E-state index in [9.17, 15) is 9.59 Å². The number of fused-ring (bicyclic) bond motifs is 1. The maximum Gasteiger partial charge on any atom is 0.418 e. The van der Waals surface area contributed by atoms with Crippen LogP contribution in [0.5, 0.6) is 5.75 Å². The molecular weight excluding hydrogens is 222 g/mol. The van der Waals surface area contributed by atoms with Crippen LogP contribution in [-0.4, -0.2) is 23.7 Å². The number of nitrogens with zero attached hydrogens (tertiary/aromatic N) is 1. The number of esters is 1. The molecule has 5 nitrogen and oxygen atoms in total. The summed E-state index contributed by atoms with van der Waals surface area (Å²) < 4.78 is 11.0. The summed E-state index contributed by atoms with van der Waals surface area (Å²) >= 11 is 0. The molecule has 0 atom stereocenters. The monoisotopic (exact) mass is 233 g/mol. The van der Waals surface area contributed by atoms with E-state index in [0.717, 1.165) is 5.39 Å². The van der Waals surface area contributed by atoms with Gasteiger partial charge in [-0.25, -0.2) is 4.79 Å². The predicted molar refractivity (Wildman–Crippen MR) is 61.1 cm³/mol. The number of ether oxygens (including phenoxy) is 2. The van der Waals surface area contributed by atoms with E-state index in [1.54, 1.807) is 30.5 Å². The molecule has 0 radical (unpaired) electrons. The maximum absolute atomic E-state index is 11.4. The van der Waals surface area contributed by atoms with Gasteiger partial charge < -0.3 is 9.47 Å². The second kappa shape index (κ2) is 4.29. The normalized spacial score (nSPS) is 10.2. The van der Waals surface area contributed by atoms with Gasteiger partial charge in [-0.1, -0.05) is 0 Å². The molecule has 1 aromatic carbocycles. The van der Waals surface area contributed by atoms with E-state index in [1.807, 2.05) is 0 Å². The zero-order chi connectivity index (χ0) is 12.4. The van der Waals surface area contributed by atoms with Crippen LogP contribution in [0, 0.1) is 0 Å². The van der Waals surface area contributed by atoms with Gasteiger partial charge in [0.15, 0.2) is 0 Å². The molecule has 0 bridgehead atoms. The van der Waals surface area contributed by atoms with Crippen molar-refractivity contribution in [3.63, 3.8) is 0 Å². The van der Waals surface area contributed by atoms with Crippen molar-refractivity contribution in [2.24, 2.45) is 0 Å². The molecule has 0 saturated heterocycles. The summed E-state index contributed by atoms with van der Waals surface area (Å²) in [5.41, 5.74) is 0.702. The molecule has 1 heterocycles. The van der Waals surface area contributed by atoms with Gasteiger partial charge in [0, 0.05) is 18.5 Å². The van der Waals surface area contributed by atoms with Crippen LogP contribution in [0.25, 0.3) is 10.9 Å². The quantitative estimate of drug-likeness (QED) is 0.559. The van der Waals surface area contributed by atoms with Gasteiger partial charge in [-0.2, -0.15) is 0 Å². The molecule has 5 heteroatoms. The summed E-state index contributed by atoms with van der Waals surface area (Å²) in [5.74, 6) is 0.0735. The molecule has 0 N–H and O–H groups in total. The van der Waals surface area contributed by atoms with Crippen molar-refractivity contribution in [3.05, 3.63) is 30.5 Å². The molecule has 2 rings (SSSR count). The van der Waals surface area contributed by atoms with Gasteiger partial charge in [0.05, 0.1) is 12.6 Å². The third-order valence-electron chi connectivity index (χ3n) is 2.29. The maximum atomic E-state index is 11.4. The summed E-state index contributed by atoms with van der Waals surface area (Å²) in [5, 5.41) is 0.800. The molecule has 0 saturated carbocycles. The molecule has 1 aromatic heterocycles. The second-order valence-corrected chi connectivity index (χ2v) is 3.47. The van der Waals surface area contributed by atoms with Crippen LogP contribution in [0.15, 0.2) is 30.5 Å². The van der Waals surface area contributed by atoms with Crippen LogP contribution in [0.1, 0.15) is 6.92 Å². The number of carbonyl (C=O) groups excluding carboxylic acids is 2. The fraction of sp³-hybridized carbons (Fsp3) is 0.167. The number of hydrogen-bond acceptors (Lipinski definition) is 4. The third-order valence-corrected chi connectivity index (χ3v) is 2.29. The Bertz CT molecular complexity index is 585. The summed E-state index contributed by atoms with van der Waals surface area (Å²) in [6, 6.07) is 6.77. The predicted octanol–water partition coefficient (Wildman–Crippen LogP) is 2.18. The molecule has 0 aliphatic rings. The Hall–Kier alpha value is -2.30. The fourth-order valence-corrected chi connectivity index (χ4v) is 1.61. The van der Waals surface area contributed by atoms with Crippen molar-refractivity contribution in [2.45, 2.75) is 6.92 Å². The molecule has 0 amide bonds. The van der Waals surface area contributed by atoms with Gasteiger partial charge in [0.25, 0.3) is 0 Å². The van der Waals surface area contributed by atoms with Gasteiger partial charge in [-0.3, -0.25) is 9.36 Å². The van der Waals surface area contributed by atoms with Crippen LogP contribution in [0.3, 0.4) is 0 Å². The summed E-state index contributed by atoms with van der Waals surface area (Å²) in [7, 11) is 1.32. The van der Waals surface area contributed by atoms with Crippen LogP contribution in [0.2, 0.25) is 0 Å². The number of carbonyl (C=O) groups is 2. The number of hydrogen-bond donors (Lipinski definition) is 0. The van der Waals surface area contributed by atoms with Crippen molar-refractivity contribution in [3.8, 4) is 5.75 Å². The topological polar surface area (TPSA) is 57.5 Å². The Morgan fingerprint density at radius 3 is 2.65 bits per heavy atom. The van der Waals surface area contributed by atoms with Crippen molar-refractivity contribution in [1.29, 1.82) is 0 Å². The Balaban J connectivity index is 2.44. The molecule has 0 spiro atoms. The minimum absolute atomic E-state index is 0.378. The van der Waals surface area contributed by atoms with Crippen molar-refractivity contribution in [2.75, 3.05) is 7.11 Å². The Morgan fingerprint density at radius 1 is 1.24 bits per heavy atom. The molecule has 17 heavy (non-hydrogen) atoms. The van der Waals surface area contributed by atoms with E-state index >= 15 is 0 Å². The molecule has 0 unspecified atom stereocenters. The smallest absolute Gasteiger partial charge is 0.418 e. The third kappa shape index (κ3) is 2.13. The van der Waals surface area contributed by atoms with E-state index < -0.39 is 6.09 Å². The highest BCUT2D eigenvalue weighted by Crippen LogP contribution is 2.22. The van der Waals surface area contributed by atoms with Crippen molar-refractivity contribution >= 4 is 23.0 Å². The van der Waals surface area contributed by atoms with E-state index in [0.29, 0.717) is 11.3 Å². The van der Waals surface area contributed by atoms with Gasteiger partial charge in [0.2, 0.25) is 0 Å². The summed E-state index contributed by atoms with van der Waals surface area (Å²) in [6.45, 7) is 1.34. The summed E-state index contributed by atoms with van der Waals surface area (Å²) in [4.78, 5) is 22.2.